The van der Waals surface area contributed by atoms with Crippen LogP contribution in [0.25, 0.3) is 0 Å². The summed E-state index contributed by atoms with van der Waals surface area (Å²) >= 11 is 0. The number of hydrogen-bond acceptors (Lipinski definition) is 8. The van der Waals surface area contributed by atoms with Gasteiger partial charge in [-0.05, 0) is 41.3 Å². The molecule has 0 radical (unpaired) electrons. The fourth-order valence-electron chi connectivity index (χ4n) is 4.92. The molecule has 0 saturated carbocycles. The smallest absolute Gasteiger partial charge is 0.408 e. The monoisotopic (exact) mass is 694 g/mol. The van der Waals surface area contributed by atoms with Crippen LogP contribution in [0.3, 0.4) is 0 Å². The highest BCUT2D eigenvalue weighted by atomic mass is 16.5. The lowest BCUT2D eigenvalue weighted by atomic mass is 10.0. The lowest BCUT2D eigenvalue weighted by Crippen LogP contribution is -2.55. The Bertz CT molecular complexity index is 1720. The molecule has 0 bridgehead atoms. The van der Waals surface area contributed by atoms with Gasteiger partial charge in [0.1, 0.15) is 37.1 Å². The number of hydrazine groups is 1. The molecule has 13 nitrogen and oxygen atoms in total. The van der Waals surface area contributed by atoms with E-state index in [1.807, 2.05) is 60.0 Å². The number of nitrogens with two attached hydrogens (primary N) is 1. The molecule has 51 heavy (non-hydrogen) atoms. The summed E-state index contributed by atoms with van der Waals surface area (Å²) < 4.78 is 11.2. The van der Waals surface area contributed by atoms with E-state index in [0.29, 0.717) is 17.9 Å². The summed E-state index contributed by atoms with van der Waals surface area (Å²) in [6.45, 7) is 1.36. The molecule has 7 N–H and O–H groups in total. The summed E-state index contributed by atoms with van der Waals surface area (Å²) in [5.41, 5.74) is 5.33. The molecule has 0 saturated heterocycles. The van der Waals surface area contributed by atoms with Crippen molar-refractivity contribution in [3.05, 3.63) is 138 Å². The Balaban J connectivity index is 1.33. The van der Waals surface area contributed by atoms with E-state index in [-0.39, 0.29) is 19.4 Å². The van der Waals surface area contributed by atoms with Gasteiger partial charge in [0.15, 0.2) is 0 Å². The predicted octanol–water partition coefficient (Wildman–Crippen LogP) is 2.44. The molecular formula is C38H42N6O7. The molecular weight excluding hydrogens is 652 g/mol. The fourth-order valence-corrected chi connectivity index (χ4v) is 4.92. The van der Waals surface area contributed by atoms with Crippen LogP contribution in [0, 0.1) is 0 Å². The Morgan fingerprint density at radius 2 is 1.10 bits per heavy atom. The Morgan fingerprint density at radius 1 is 0.588 bits per heavy atom. The maximum atomic E-state index is 13.4. The molecule has 266 valence electrons. The van der Waals surface area contributed by atoms with Gasteiger partial charge < -0.3 is 30.7 Å². The number of benzene rings is 4. The normalized spacial score (nSPS) is 12.3. The second kappa shape index (κ2) is 19.7. The second-order valence-corrected chi connectivity index (χ2v) is 11.6. The van der Waals surface area contributed by atoms with Crippen LogP contribution in [0.15, 0.2) is 115 Å². The molecule has 3 atom stereocenters. The van der Waals surface area contributed by atoms with Crippen LogP contribution in [0.1, 0.15) is 29.2 Å². The molecule has 0 aliphatic heterocycles. The van der Waals surface area contributed by atoms with Crippen LogP contribution in [-0.4, -0.2) is 54.4 Å². The first-order valence-corrected chi connectivity index (χ1v) is 16.3. The van der Waals surface area contributed by atoms with Crippen molar-refractivity contribution in [1.29, 1.82) is 0 Å². The minimum Gasteiger partial charge on any atom is -0.489 e. The molecule has 0 spiro atoms. The zero-order chi connectivity index (χ0) is 36.4. The topological polar surface area (TPSA) is 190 Å². The van der Waals surface area contributed by atoms with Gasteiger partial charge in [0, 0.05) is 12.8 Å². The number of ether oxygens (including phenoxy) is 2. The Kier molecular flexibility index (Phi) is 14.5. The zero-order valence-electron chi connectivity index (χ0n) is 28.2. The van der Waals surface area contributed by atoms with Gasteiger partial charge in [0.05, 0.1) is 6.54 Å². The molecule has 4 aromatic carbocycles. The average Bonchev–Trinajstić information content (AvgIpc) is 3.16. The van der Waals surface area contributed by atoms with Crippen molar-refractivity contribution < 1.29 is 33.4 Å². The number of alkyl carbamates (subject to hydrolysis) is 1. The van der Waals surface area contributed by atoms with Gasteiger partial charge in [-0.15, -0.1) is 0 Å². The van der Waals surface area contributed by atoms with Crippen molar-refractivity contribution in [1.82, 2.24) is 26.7 Å². The SMILES string of the molecule is C[C@@H](NC(=O)[C@H](Cc1ccc(OCc2ccccc2)cc1)NC(=O)OCc1ccccc1)C(=O)NCC(=O)N[C@@H](Cc1ccccc1)C(=O)NN. The van der Waals surface area contributed by atoms with Crippen LogP contribution in [0.2, 0.25) is 0 Å². The molecule has 5 amide bonds. The van der Waals surface area contributed by atoms with Gasteiger partial charge in [0.25, 0.3) is 5.91 Å². The fraction of sp³-hybridized carbons (Fsp3) is 0.237. The van der Waals surface area contributed by atoms with Crippen LogP contribution in [0.5, 0.6) is 5.75 Å². The molecule has 13 heteroatoms. The van der Waals surface area contributed by atoms with Crippen molar-refractivity contribution in [2.75, 3.05) is 6.54 Å². The number of hydrogen-bond donors (Lipinski definition) is 6. The highest BCUT2D eigenvalue weighted by Crippen LogP contribution is 2.16. The predicted molar refractivity (Wildman–Crippen MR) is 189 cm³/mol. The molecule has 4 aromatic rings. The summed E-state index contributed by atoms with van der Waals surface area (Å²) in [7, 11) is 0. The van der Waals surface area contributed by atoms with Gasteiger partial charge >= 0.3 is 6.09 Å². The van der Waals surface area contributed by atoms with E-state index in [1.54, 1.807) is 60.7 Å². The van der Waals surface area contributed by atoms with Crippen molar-refractivity contribution >= 4 is 29.7 Å². The van der Waals surface area contributed by atoms with Gasteiger partial charge in [-0.3, -0.25) is 24.6 Å². The average molecular weight is 695 g/mol. The van der Waals surface area contributed by atoms with Crippen LogP contribution in [0.4, 0.5) is 4.79 Å². The number of carbonyl (C=O) groups is 5. The van der Waals surface area contributed by atoms with E-state index in [1.165, 1.54) is 6.92 Å². The van der Waals surface area contributed by atoms with Crippen LogP contribution in [-0.2, 0) is 50.0 Å². The molecule has 4 rings (SSSR count). The van der Waals surface area contributed by atoms with E-state index >= 15 is 0 Å². The summed E-state index contributed by atoms with van der Waals surface area (Å²) in [4.78, 5) is 64.0. The van der Waals surface area contributed by atoms with Crippen molar-refractivity contribution in [3.63, 3.8) is 0 Å². The Hall–Kier alpha value is -6.21. The third-order valence-electron chi connectivity index (χ3n) is 7.68. The van der Waals surface area contributed by atoms with Gasteiger partial charge in [0.2, 0.25) is 17.7 Å². The Labute approximate surface area is 296 Å². The summed E-state index contributed by atoms with van der Waals surface area (Å²) in [5.74, 6) is 3.38. The molecule has 0 aliphatic rings. The number of nitrogens with one attached hydrogen (secondary N) is 5. The van der Waals surface area contributed by atoms with E-state index < -0.39 is 54.4 Å². The number of carbonyl (C=O) groups excluding carboxylic acids is 5. The molecule has 0 fully saturated rings. The van der Waals surface area contributed by atoms with Crippen molar-refractivity contribution in [2.24, 2.45) is 5.84 Å². The first kappa shape index (κ1) is 37.6. The van der Waals surface area contributed by atoms with E-state index in [0.717, 1.165) is 16.7 Å². The highest BCUT2D eigenvalue weighted by Gasteiger charge is 2.26. The third kappa shape index (κ3) is 13.0. The lowest BCUT2D eigenvalue weighted by Gasteiger charge is -2.22. The molecule has 0 unspecified atom stereocenters. The van der Waals surface area contributed by atoms with Gasteiger partial charge in [-0.25, -0.2) is 10.6 Å². The van der Waals surface area contributed by atoms with Crippen molar-refractivity contribution in [2.45, 2.75) is 51.1 Å². The maximum absolute atomic E-state index is 13.4. The van der Waals surface area contributed by atoms with Crippen molar-refractivity contribution in [3.8, 4) is 5.75 Å². The maximum Gasteiger partial charge on any atom is 0.408 e. The van der Waals surface area contributed by atoms with Crippen LogP contribution >= 0.6 is 0 Å². The molecule has 0 aliphatic carbocycles. The summed E-state index contributed by atoms with van der Waals surface area (Å²) in [5, 5.41) is 10.2. The first-order chi connectivity index (χ1) is 24.7. The number of amides is 5. The summed E-state index contributed by atoms with van der Waals surface area (Å²) in [6, 6.07) is 31.7. The standard InChI is InChI=1S/C38H42N6O7/c1-26(35(46)40-23-34(45)42-33(37(48)44-39)21-27-11-5-2-6-12-27)41-36(47)32(43-38(49)51-25-30-15-9-4-10-16-30)22-28-17-19-31(20-18-28)50-24-29-13-7-3-8-14-29/h2-20,26,32-33H,21-25,39H2,1H3,(H,40,46)(H,41,47)(H,42,45)(H,43,49)(H,44,48)/t26-,32+,33+/m1/s1. The van der Waals surface area contributed by atoms with E-state index in [9.17, 15) is 24.0 Å². The minimum atomic E-state index is -1.11. The lowest BCUT2D eigenvalue weighted by molar-refractivity contribution is -0.131. The quantitative estimate of drug-likeness (QED) is 0.0552. The van der Waals surface area contributed by atoms with E-state index in [2.05, 4.69) is 21.3 Å². The number of rotatable bonds is 17. The molecule has 0 aromatic heterocycles. The minimum absolute atomic E-state index is 0.00548. The first-order valence-electron chi connectivity index (χ1n) is 16.3. The highest BCUT2D eigenvalue weighted by molar-refractivity contribution is 5.93. The van der Waals surface area contributed by atoms with Crippen LogP contribution < -0.4 is 37.3 Å². The van der Waals surface area contributed by atoms with E-state index in [4.69, 9.17) is 15.3 Å². The largest absolute Gasteiger partial charge is 0.489 e. The Morgan fingerprint density at radius 3 is 1.67 bits per heavy atom. The third-order valence-corrected chi connectivity index (χ3v) is 7.68. The molecule has 0 heterocycles. The van der Waals surface area contributed by atoms with Gasteiger partial charge in [-0.2, -0.15) is 0 Å². The zero-order valence-corrected chi connectivity index (χ0v) is 28.2. The van der Waals surface area contributed by atoms with Gasteiger partial charge in [-0.1, -0.05) is 103 Å². The second-order valence-electron chi connectivity index (χ2n) is 11.6. The summed E-state index contributed by atoms with van der Waals surface area (Å²) in [6.07, 6.45) is -0.558.